The summed E-state index contributed by atoms with van der Waals surface area (Å²) >= 11 is 5.74. The molecule has 0 aliphatic carbocycles. The van der Waals surface area contributed by atoms with Gasteiger partial charge in [-0.25, -0.2) is 4.39 Å². The third-order valence-corrected chi connectivity index (χ3v) is 3.95. The summed E-state index contributed by atoms with van der Waals surface area (Å²) in [5.74, 6) is 0.767. The second-order valence-electron chi connectivity index (χ2n) is 5.36. The van der Waals surface area contributed by atoms with Gasteiger partial charge < -0.3 is 9.64 Å². The molecule has 120 valence electrons. The Morgan fingerprint density at radius 2 is 2.17 bits per heavy atom. The molecular formula is C17H12ClFN4O. The molecule has 0 unspecified atom stereocenters. The number of hydrogen-bond acceptors (Lipinski definition) is 5. The molecule has 2 aliphatic heterocycles. The summed E-state index contributed by atoms with van der Waals surface area (Å²) < 4.78 is 19.4. The molecule has 1 aromatic carbocycles. The van der Waals surface area contributed by atoms with E-state index < -0.39 is 5.82 Å². The molecule has 1 aromatic heterocycles. The van der Waals surface area contributed by atoms with E-state index in [1.807, 2.05) is 23.2 Å². The average molecular weight is 343 g/mol. The van der Waals surface area contributed by atoms with Gasteiger partial charge in [-0.2, -0.15) is 15.2 Å². The first-order valence-electron chi connectivity index (χ1n) is 7.31. The summed E-state index contributed by atoms with van der Waals surface area (Å²) in [6.07, 6.45) is 3.67. The van der Waals surface area contributed by atoms with Gasteiger partial charge >= 0.3 is 0 Å². The second kappa shape index (κ2) is 6.05. The first kappa shape index (κ1) is 14.8. The number of rotatable bonds is 4. The third-order valence-electron chi connectivity index (χ3n) is 3.72. The van der Waals surface area contributed by atoms with Gasteiger partial charge in [-0.05, 0) is 18.2 Å². The molecule has 0 N–H and O–H groups in total. The lowest BCUT2D eigenvalue weighted by Crippen LogP contribution is -2.18. The Kier molecular flexibility index (Phi) is 3.74. The van der Waals surface area contributed by atoms with Crippen LogP contribution in [0.3, 0.4) is 0 Å². The van der Waals surface area contributed by atoms with Crippen LogP contribution < -0.4 is 9.64 Å². The van der Waals surface area contributed by atoms with Crippen LogP contribution in [0.25, 0.3) is 0 Å². The quantitative estimate of drug-likeness (QED) is 0.853. The number of pyridine rings is 1. The standard InChI is InChI=1S/C17H12ClFN4O/c18-13-5-4-11(14(19)6-13)10-24-17-3-1-2-16(21-17)23-8-12-7-20-22-15(12)9-23/h1-8H,9-10H2. The molecular weight excluding hydrogens is 331 g/mol. The third kappa shape index (κ3) is 2.88. The highest BCUT2D eigenvalue weighted by Gasteiger charge is 2.23. The van der Waals surface area contributed by atoms with E-state index in [1.54, 1.807) is 24.4 Å². The summed E-state index contributed by atoms with van der Waals surface area (Å²) in [4.78, 5) is 6.42. The predicted molar refractivity (Wildman–Crippen MR) is 91.3 cm³/mol. The van der Waals surface area contributed by atoms with Crippen LogP contribution in [0.15, 0.2) is 58.4 Å². The number of anilines is 1. The fraction of sp³-hybridized carbons (Fsp3) is 0.118. The summed E-state index contributed by atoms with van der Waals surface area (Å²) in [5.41, 5.74) is 2.34. The maximum atomic E-state index is 13.8. The smallest absolute Gasteiger partial charge is 0.215 e. The molecule has 5 nitrogen and oxygen atoms in total. The van der Waals surface area contributed by atoms with Crippen LogP contribution in [0.4, 0.5) is 10.2 Å². The molecule has 3 heterocycles. The van der Waals surface area contributed by atoms with Crippen molar-refractivity contribution in [2.24, 2.45) is 10.2 Å². The lowest BCUT2D eigenvalue weighted by molar-refractivity contribution is 0.288. The number of halogens is 2. The van der Waals surface area contributed by atoms with E-state index in [4.69, 9.17) is 16.3 Å². The fourth-order valence-electron chi connectivity index (χ4n) is 2.48. The highest BCUT2D eigenvalue weighted by atomic mass is 35.5. The molecule has 7 heteroatoms. The van der Waals surface area contributed by atoms with Gasteiger partial charge in [-0.1, -0.05) is 23.7 Å². The summed E-state index contributed by atoms with van der Waals surface area (Å²) in [6, 6.07) is 9.96. The largest absolute Gasteiger partial charge is 0.473 e. The minimum atomic E-state index is -0.395. The van der Waals surface area contributed by atoms with E-state index in [9.17, 15) is 4.39 Å². The molecule has 0 saturated carbocycles. The Bertz CT molecular complexity index is 894. The number of hydrogen-bond donors (Lipinski definition) is 0. The number of nitrogens with zero attached hydrogens (tertiary/aromatic N) is 4. The highest BCUT2D eigenvalue weighted by Crippen LogP contribution is 2.24. The molecule has 0 radical (unpaired) electrons. The Balaban J connectivity index is 1.48. The lowest BCUT2D eigenvalue weighted by atomic mass is 10.2. The number of aromatic nitrogens is 1. The van der Waals surface area contributed by atoms with E-state index in [2.05, 4.69) is 15.2 Å². The maximum absolute atomic E-state index is 13.8. The summed E-state index contributed by atoms with van der Waals surface area (Å²) in [6.45, 7) is 0.706. The lowest BCUT2D eigenvalue weighted by Gasteiger charge is -2.15. The average Bonchev–Trinajstić information content (AvgIpc) is 3.16. The maximum Gasteiger partial charge on any atom is 0.215 e. The van der Waals surface area contributed by atoms with Gasteiger partial charge in [0.25, 0.3) is 0 Å². The van der Waals surface area contributed by atoms with E-state index >= 15 is 0 Å². The van der Waals surface area contributed by atoms with Gasteiger partial charge in [0.05, 0.1) is 18.5 Å². The van der Waals surface area contributed by atoms with Crippen LogP contribution in [0, 0.1) is 5.82 Å². The van der Waals surface area contributed by atoms with E-state index in [1.165, 1.54) is 6.07 Å². The minimum absolute atomic E-state index is 0.0832. The SMILES string of the molecule is Fc1cc(Cl)ccc1COc1cccc(N2C=C3C=NN=C3C2)n1. The van der Waals surface area contributed by atoms with Crippen molar-refractivity contribution in [3.8, 4) is 5.88 Å². The van der Waals surface area contributed by atoms with Crippen molar-refractivity contribution in [3.05, 3.63) is 64.6 Å². The van der Waals surface area contributed by atoms with E-state index in [0.29, 0.717) is 23.0 Å². The Morgan fingerprint density at radius 3 is 3.00 bits per heavy atom. The molecule has 0 saturated heterocycles. The first-order valence-corrected chi connectivity index (χ1v) is 7.69. The van der Waals surface area contributed by atoms with Crippen LogP contribution >= 0.6 is 11.6 Å². The molecule has 0 fully saturated rings. The van der Waals surface area contributed by atoms with Crippen LogP contribution in [-0.4, -0.2) is 23.5 Å². The summed E-state index contributed by atoms with van der Waals surface area (Å²) in [5, 5.41) is 8.28. The number of ether oxygens (including phenoxy) is 1. The topological polar surface area (TPSA) is 50.1 Å². The zero-order chi connectivity index (χ0) is 16.5. The molecule has 0 spiro atoms. The van der Waals surface area contributed by atoms with Gasteiger partial charge in [0.15, 0.2) is 0 Å². The van der Waals surface area contributed by atoms with Crippen LogP contribution in [-0.2, 0) is 6.61 Å². The minimum Gasteiger partial charge on any atom is -0.473 e. The Hall–Kier alpha value is -2.73. The van der Waals surface area contributed by atoms with Crippen molar-refractivity contribution >= 4 is 29.3 Å². The number of benzene rings is 1. The zero-order valence-corrected chi connectivity index (χ0v) is 13.2. The van der Waals surface area contributed by atoms with Gasteiger partial charge in [-0.15, -0.1) is 0 Å². The first-order chi connectivity index (χ1) is 11.7. The van der Waals surface area contributed by atoms with Crippen molar-refractivity contribution in [1.29, 1.82) is 0 Å². The molecule has 0 bridgehead atoms. The van der Waals surface area contributed by atoms with Crippen LogP contribution in [0.1, 0.15) is 5.56 Å². The second-order valence-corrected chi connectivity index (χ2v) is 5.80. The normalized spacial score (nSPS) is 15.3. The van der Waals surface area contributed by atoms with Crippen molar-refractivity contribution in [3.63, 3.8) is 0 Å². The summed E-state index contributed by atoms with van der Waals surface area (Å²) in [7, 11) is 0. The Labute approximate surface area is 142 Å². The van der Waals surface area contributed by atoms with Crippen molar-refractivity contribution in [2.75, 3.05) is 11.4 Å². The highest BCUT2D eigenvalue weighted by molar-refractivity contribution is 6.30. The van der Waals surface area contributed by atoms with Gasteiger partial charge in [0.2, 0.25) is 5.88 Å². The van der Waals surface area contributed by atoms with E-state index in [0.717, 1.165) is 17.1 Å². The fourth-order valence-corrected chi connectivity index (χ4v) is 2.64. The molecule has 0 atom stereocenters. The Morgan fingerprint density at radius 1 is 1.25 bits per heavy atom. The molecule has 2 aromatic rings. The monoisotopic (exact) mass is 342 g/mol. The number of fused-ring (bicyclic) bond motifs is 1. The van der Waals surface area contributed by atoms with Crippen molar-refractivity contribution in [1.82, 2.24) is 4.98 Å². The molecule has 24 heavy (non-hydrogen) atoms. The van der Waals surface area contributed by atoms with Gasteiger partial charge in [0.1, 0.15) is 18.2 Å². The van der Waals surface area contributed by atoms with Gasteiger partial charge in [-0.3, -0.25) is 0 Å². The van der Waals surface area contributed by atoms with Crippen molar-refractivity contribution < 1.29 is 9.13 Å². The van der Waals surface area contributed by atoms with Crippen LogP contribution in [0.5, 0.6) is 5.88 Å². The van der Waals surface area contributed by atoms with E-state index in [-0.39, 0.29) is 6.61 Å². The molecule has 4 rings (SSSR count). The van der Waals surface area contributed by atoms with Gasteiger partial charge in [0, 0.05) is 28.4 Å². The zero-order valence-electron chi connectivity index (χ0n) is 12.5. The molecule has 0 amide bonds. The van der Waals surface area contributed by atoms with Crippen LogP contribution in [0.2, 0.25) is 5.02 Å². The molecule has 2 aliphatic rings. The predicted octanol–water partition coefficient (Wildman–Crippen LogP) is 3.60. The van der Waals surface area contributed by atoms with Crippen molar-refractivity contribution in [2.45, 2.75) is 6.61 Å².